The summed E-state index contributed by atoms with van der Waals surface area (Å²) in [5, 5.41) is 14.4. The van der Waals surface area contributed by atoms with Crippen molar-refractivity contribution < 1.29 is 10.0 Å². The van der Waals surface area contributed by atoms with E-state index in [1.54, 1.807) is 0 Å². The molecule has 0 aliphatic rings. The van der Waals surface area contributed by atoms with Crippen LogP contribution in [0.5, 0.6) is 0 Å². The third kappa shape index (κ3) is 5.65. The first-order valence-electron chi connectivity index (χ1n) is 6.12. The Balaban J connectivity index is 2.45. The summed E-state index contributed by atoms with van der Waals surface area (Å²) >= 11 is 1.45. The van der Waals surface area contributed by atoms with E-state index in [-0.39, 0.29) is 11.7 Å². The molecule has 0 aliphatic carbocycles. The van der Waals surface area contributed by atoms with Gasteiger partial charge >= 0.3 is 0 Å². The molecule has 1 aromatic carbocycles. The Morgan fingerprint density at radius 3 is 2.74 bits per heavy atom. The molecule has 0 aromatic heterocycles. The molecule has 0 spiro atoms. The molecule has 6 heteroatoms. The molecular formula is C13H19N3O2S. The normalized spacial score (nSPS) is 13.0. The van der Waals surface area contributed by atoms with E-state index in [0.29, 0.717) is 12.2 Å². The second kappa shape index (κ2) is 8.42. The number of amidine groups is 1. The van der Waals surface area contributed by atoms with E-state index < -0.39 is 6.04 Å². The molecule has 1 atom stereocenters. The van der Waals surface area contributed by atoms with Crippen LogP contribution in [0.3, 0.4) is 0 Å². The highest BCUT2D eigenvalue weighted by Gasteiger charge is 2.15. The Hall–Kier alpha value is -1.69. The maximum Gasteiger partial charge on any atom is 0.230 e. The number of hydrogen-bond donors (Lipinski definition) is 3. The van der Waals surface area contributed by atoms with Crippen molar-refractivity contribution in [3.63, 3.8) is 0 Å². The van der Waals surface area contributed by atoms with E-state index in [1.165, 1.54) is 11.8 Å². The van der Waals surface area contributed by atoms with Crippen molar-refractivity contribution >= 4 is 23.5 Å². The SMILES string of the molecule is CCCC(NC(=O)CSc1ccccc1)C(N)=NO. The van der Waals surface area contributed by atoms with E-state index >= 15 is 0 Å². The zero-order valence-corrected chi connectivity index (χ0v) is 11.7. The van der Waals surface area contributed by atoms with Gasteiger partial charge in [-0.05, 0) is 18.6 Å². The van der Waals surface area contributed by atoms with Crippen LogP contribution in [0.1, 0.15) is 19.8 Å². The fourth-order valence-electron chi connectivity index (χ4n) is 1.55. The van der Waals surface area contributed by atoms with Crippen LogP contribution in [-0.2, 0) is 4.79 Å². The monoisotopic (exact) mass is 281 g/mol. The summed E-state index contributed by atoms with van der Waals surface area (Å²) in [5.41, 5.74) is 5.54. The van der Waals surface area contributed by atoms with E-state index in [0.717, 1.165) is 11.3 Å². The average molecular weight is 281 g/mol. The lowest BCUT2D eigenvalue weighted by molar-refractivity contribution is -0.118. The molecule has 4 N–H and O–H groups in total. The number of oxime groups is 1. The standard InChI is InChI=1S/C13H19N3O2S/c1-2-6-11(13(14)16-18)15-12(17)9-19-10-7-4-3-5-8-10/h3-5,7-8,11,18H,2,6,9H2,1H3,(H2,14,16)(H,15,17). The van der Waals surface area contributed by atoms with Crippen LogP contribution in [0.15, 0.2) is 40.4 Å². The van der Waals surface area contributed by atoms with Crippen molar-refractivity contribution in [3.8, 4) is 0 Å². The van der Waals surface area contributed by atoms with Gasteiger partial charge in [0, 0.05) is 4.90 Å². The van der Waals surface area contributed by atoms with Gasteiger partial charge in [-0.15, -0.1) is 11.8 Å². The van der Waals surface area contributed by atoms with Crippen molar-refractivity contribution in [2.75, 3.05) is 5.75 Å². The minimum Gasteiger partial charge on any atom is -0.409 e. The summed E-state index contributed by atoms with van der Waals surface area (Å²) in [6, 6.07) is 9.28. The topological polar surface area (TPSA) is 87.7 Å². The molecule has 5 nitrogen and oxygen atoms in total. The summed E-state index contributed by atoms with van der Waals surface area (Å²) in [6.45, 7) is 1.97. The number of thioether (sulfide) groups is 1. The van der Waals surface area contributed by atoms with Gasteiger partial charge in [-0.2, -0.15) is 0 Å². The summed E-state index contributed by atoms with van der Waals surface area (Å²) in [6.07, 6.45) is 1.49. The Morgan fingerprint density at radius 1 is 1.47 bits per heavy atom. The maximum absolute atomic E-state index is 11.8. The molecule has 0 fully saturated rings. The molecule has 0 aliphatic heterocycles. The average Bonchev–Trinajstić information content (AvgIpc) is 2.45. The van der Waals surface area contributed by atoms with E-state index in [1.807, 2.05) is 37.3 Å². The van der Waals surface area contributed by atoms with Crippen LogP contribution in [0, 0.1) is 0 Å². The zero-order chi connectivity index (χ0) is 14.1. The Bertz CT molecular complexity index is 423. The highest BCUT2D eigenvalue weighted by Crippen LogP contribution is 2.16. The van der Waals surface area contributed by atoms with Crippen LogP contribution in [0.25, 0.3) is 0 Å². The van der Waals surface area contributed by atoms with E-state index in [4.69, 9.17) is 10.9 Å². The second-order valence-electron chi connectivity index (χ2n) is 4.04. The van der Waals surface area contributed by atoms with Crippen molar-refractivity contribution in [2.45, 2.75) is 30.7 Å². The fraction of sp³-hybridized carbons (Fsp3) is 0.385. The number of carbonyl (C=O) groups excluding carboxylic acids is 1. The molecule has 104 valence electrons. The number of benzene rings is 1. The predicted molar refractivity (Wildman–Crippen MR) is 77.4 cm³/mol. The molecule has 1 aromatic rings. The van der Waals surface area contributed by atoms with Gasteiger partial charge in [0.1, 0.15) is 0 Å². The molecule has 0 heterocycles. The lowest BCUT2D eigenvalue weighted by Crippen LogP contribution is -2.45. The first-order chi connectivity index (χ1) is 9.17. The van der Waals surface area contributed by atoms with Crippen LogP contribution in [0.2, 0.25) is 0 Å². The molecule has 1 amide bonds. The van der Waals surface area contributed by atoms with Crippen molar-refractivity contribution in [2.24, 2.45) is 10.9 Å². The molecule has 1 rings (SSSR count). The molecule has 0 bridgehead atoms. The zero-order valence-electron chi connectivity index (χ0n) is 10.9. The van der Waals surface area contributed by atoms with Gasteiger partial charge in [0.25, 0.3) is 0 Å². The van der Waals surface area contributed by atoms with Crippen molar-refractivity contribution in [3.05, 3.63) is 30.3 Å². The quantitative estimate of drug-likeness (QED) is 0.234. The molecule has 19 heavy (non-hydrogen) atoms. The van der Waals surface area contributed by atoms with Crippen molar-refractivity contribution in [1.82, 2.24) is 5.32 Å². The number of amides is 1. The molecule has 0 saturated heterocycles. The van der Waals surface area contributed by atoms with Crippen LogP contribution in [0.4, 0.5) is 0 Å². The summed E-state index contributed by atoms with van der Waals surface area (Å²) < 4.78 is 0. The summed E-state index contributed by atoms with van der Waals surface area (Å²) in [4.78, 5) is 12.8. The minimum absolute atomic E-state index is 0.0416. The lowest BCUT2D eigenvalue weighted by atomic mass is 10.1. The van der Waals surface area contributed by atoms with E-state index in [9.17, 15) is 4.79 Å². The third-order valence-electron chi connectivity index (χ3n) is 2.50. The highest BCUT2D eigenvalue weighted by molar-refractivity contribution is 8.00. The van der Waals surface area contributed by atoms with Crippen LogP contribution in [-0.4, -0.2) is 28.7 Å². The maximum atomic E-state index is 11.8. The number of nitrogens with zero attached hydrogens (tertiary/aromatic N) is 1. The smallest absolute Gasteiger partial charge is 0.230 e. The number of carbonyl (C=O) groups is 1. The van der Waals surface area contributed by atoms with Gasteiger partial charge in [-0.3, -0.25) is 4.79 Å². The van der Waals surface area contributed by atoms with Crippen molar-refractivity contribution in [1.29, 1.82) is 0 Å². The number of hydrogen-bond acceptors (Lipinski definition) is 4. The summed E-state index contributed by atoms with van der Waals surface area (Å²) in [5.74, 6) is 0.224. The highest BCUT2D eigenvalue weighted by atomic mass is 32.2. The van der Waals surface area contributed by atoms with Crippen LogP contribution < -0.4 is 11.1 Å². The number of rotatable bonds is 7. The van der Waals surface area contributed by atoms with Gasteiger partial charge in [0.15, 0.2) is 5.84 Å². The van der Waals surface area contributed by atoms with Gasteiger partial charge in [0.2, 0.25) is 5.91 Å². The van der Waals surface area contributed by atoms with Gasteiger partial charge in [-0.25, -0.2) is 0 Å². The molecule has 0 radical (unpaired) electrons. The largest absolute Gasteiger partial charge is 0.409 e. The third-order valence-corrected chi connectivity index (χ3v) is 3.51. The Kier molecular flexibility index (Phi) is 6.81. The molecule has 0 saturated carbocycles. The molecule has 1 unspecified atom stereocenters. The predicted octanol–water partition coefficient (Wildman–Crippen LogP) is 1.81. The minimum atomic E-state index is -0.404. The lowest BCUT2D eigenvalue weighted by Gasteiger charge is -2.16. The van der Waals surface area contributed by atoms with Gasteiger partial charge < -0.3 is 16.3 Å². The molecular weight excluding hydrogens is 262 g/mol. The first-order valence-corrected chi connectivity index (χ1v) is 7.10. The number of nitrogens with one attached hydrogen (secondary N) is 1. The Morgan fingerprint density at radius 2 is 2.16 bits per heavy atom. The van der Waals surface area contributed by atoms with E-state index in [2.05, 4.69) is 10.5 Å². The Labute approximate surface area is 117 Å². The van der Waals surface area contributed by atoms with Crippen LogP contribution >= 0.6 is 11.8 Å². The summed E-state index contributed by atoms with van der Waals surface area (Å²) in [7, 11) is 0. The van der Waals surface area contributed by atoms with Gasteiger partial charge in [0.05, 0.1) is 11.8 Å². The second-order valence-corrected chi connectivity index (χ2v) is 5.08. The number of nitrogens with two attached hydrogens (primary N) is 1. The van der Waals surface area contributed by atoms with Gasteiger partial charge in [-0.1, -0.05) is 36.7 Å². The fourth-order valence-corrected chi connectivity index (χ4v) is 2.28. The first kappa shape index (κ1) is 15.4.